The summed E-state index contributed by atoms with van der Waals surface area (Å²) in [4.78, 5) is 28.2. The van der Waals surface area contributed by atoms with Crippen molar-refractivity contribution >= 4 is 33.5 Å². The van der Waals surface area contributed by atoms with Crippen LogP contribution in [-0.4, -0.2) is 23.0 Å². The Hall–Kier alpha value is -2.21. The lowest BCUT2D eigenvalue weighted by molar-refractivity contribution is -0.123. The second-order valence-corrected chi connectivity index (χ2v) is 7.67. The number of benzene rings is 1. The number of ether oxygens (including phenoxy) is 1. The van der Waals surface area contributed by atoms with Crippen LogP contribution in [0.5, 0.6) is 0 Å². The third-order valence-electron chi connectivity index (χ3n) is 3.61. The third kappa shape index (κ3) is 5.39. The molecule has 0 bridgehead atoms. The number of anilines is 1. The summed E-state index contributed by atoms with van der Waals surface area (Å²) in [7, 11) is 0. The smallest absolute Gasteiger partial charge is 0.340 e. The minimum absolute atomic E-state index is 0.0450. The van der Waals surface area contributed by atoms with E-state index in [1.54, 1.807) is 12.3 Å². The van der Waals surface area contributed by atoms with Crippen molar-refractivity contribution in [2.24, 2.45) is 0 Å². The number of rotatable bonds is 4. The molecular formula is C19H21BrN2O3. The van der Waals surface area contributed by atoms with Crippen LogP contribution in [0.25, 0.3) is 0 Å². The lowest BCUT2D eigenvalue weighted by atomic mass is 9.87. The SMILES string of the molecule is CC(OC(=O)c1cncc(Br)c1)C(=O)Nc1ccc(C(C)(C)C)cc1. The lowest BCUT2D eigenvalue weighted by Gasteiger charge is -2.19. The van der Waals surface area contributed by atoms with Gasteiger partial charge in [0.25, 0.3) is 5.91 Å². The maximum absolute atomic E-state index is 12.2. The van der Waals surface area contributed by atoms with Crippen molar-refractivity contribution < 1.29 is 14.3 Å². The molecule has 0 fully saturated rings. The summed E-state index contributed by atoms with van der Waals surface area (Å²) in [6, 6.07) is 9.21. The molecule has 25 heavy (non-hydrogen) atoms. The predicted octanol–water partition coefficient (Wildman–Crippen LogP) is 4.33. The number of hydrogen-bond donors (Lipinski definition) is 1. The molecule has 0 aliphatic carbocycles. The van der Waals surface area contributed by atoms with Gasteiger partial charge in [0.2, 0.25) is 0 Å². The van der Waals surface area contributed by atoms with Gasteiger partial charge >= 0.3 is 5.97 Å². The Balaban J connectivity index is 1.97. The number of carbonyl (C=O) groups is 2. The van der Waals surface area contributed by atoms with Gasteiger partial charge < -0.3 is 10.1 Å². The number of hydrogen-bond acceptors (Lipinski definition) is 4. The van der Waals surface area contributed by atoms with E-state index in [2.05, 4.69) is 47.0 Å². The molecule has 1 aromatic heterocycles. The number of nitrogens with zero attached hydrogens (tertiary/aromatic N) is 1. The number of aromatic nitrogens is 1. The maximum Gasteiger partial charge on any atom is 0.340 e. The van der Waals surface area contributed by atoms with Crippen molar-refractivity contribution in [3.8, 4) is 0 Å². The molecule has 132 valence electrons. The molecule has 5 nitrogen and oxygen atoms in total. The molecule has 2 rings (SSSR count). The second-order valence-electron chi connectivity index (χ2n) is 6.76. The van der Waals surface area contributed by atoms with Crippen LogP contribution < -0.4 is 5.32 Å². The van der Waals surface area contributed by atoms with Crippen molar-refractivity contribution in [1.82, 2.24) is 4.98 Å². The topological polar surface area (TPSA) is 68.3 Å². The van der Waals surface area contributed by atoms with Crippen LogP contribution >= 0.6 is 15.9 Å². The van der Waals surface area contributed by atoms with E-state index >= 15 is 0 Å². The first kappa shape index (κ1) is 19.1. The van der Waals surface area contributed by atoms with Gasteiger partial charge in [0.1, 0.15) is 0 Å². The highest BCUT2D eigenvalue weighted by Gasteiger charge is 2.20. The Morgan fingerprint density at radius 1 is 1.16 bits per heavy atom. The third-order valence-corrected chi connectivity index (χ3v) is 4.05. The summed E-state index contributed by atoms with van der Waals surface area (Å²) in [5, 5.41) is 2.75. The molecule has 1 unspecified atom stereocenters. The van der Waals surface area contributed by atoms with Crippen LogP contribution in [0.2, 0.25) is 0 Å². The minimum atomic E-state index is -0.922. The summed E-state index contributed by atoms with van der Waals surface area (Å²) >= 11 is 3.24. The summed E-state index contributed by atoms with van der Waals surface area (Å²) < 4.78 is 5.86. The largest absolute Gasteiger partial charge is 0.449 e. The van der Waals surface area contributed by atoms with E-state index in [1.807, 2.05) is 24.3 Å². The van der Waals surface area contributed by atoms with Crippen molar-refractivity contribution in [1.29, 1.82) is 0 Å². The van der Waals surface area contributed by atoms with E-state index in [0.29, 0.717) is 10.2 Å². The van der Waals surface area contributed by atoms with Gasteiger partial charge in [-0.2, -0.15) is 0 Å². The molecule has 2 aromatic rings. The normalized spacial score (nSPS) is 12.4. The number of halogens is 1. The molecular weight excluding hydrogens is 384 g/mol. The van der Waals surface area contributed by atoms with Crippen LogP contribution in [0.1, 0.15) is 43.6 Å². The monoisotopic (exact) mass is 404 g/mol. The van der Waals surface area contributed by atoms with Crippen LogP contribution in [-0.2, 0) is 14.9 Å². The number of carbonyl (C=O) groups excluding carboxylic acids is 2. The summed E-state index contributed by atoms with van der Waals surface area (Å²) in [6.45, 7) is 7.90. The maximum atomic E-state index is 12.2. The van der Waals surface area contributed by atoms with Crippen LogP contribution in [0.4, 0.5) is 5.69 Å². The van der Waals surface area contributed by atoms with Gasteiger partial charge in [-0.05, 0) is 52.0 Å². The molecule has 0 saturated heterocycles. The second kappa shape index (κ2) is 7.78. The Morgan fingerprint density at radius 3 is 2.36 bits per heavy atom. The van der Waals surface area contributed by atoms with E-state index in [0.717, 1.165) is 0 Å². The Morgan fingerprint density at radius 2 is 1.80 bits per heavy atom. The van der Waals surface area contributed by atoms with Gasteiger partial charge in [-0.25, -0.2) is 4.79 Å². The number of nitrogens with one attached hydrogen (secondary N) is 1. The first-order valence-electron chi connectivity index (χ1n) is 7.90. The fourth-order valence-electron chi connectivity index (χ4n) is 2.10. The fraction of sp³-hybridized carbons (Fsp3) is 0.316. The minimum Gasteiger partial charge on any atom is -0.449 e. The molecule has 6 heteroatoms. The summed E-state index contributed by atoms with van der Waals surface area (Å²) in [5.74, 6) is -0.987. The summed E-state index contributed by atoms with van der Waals surface area (Å²) in [6.07, 6.45) is 2.03. The van der Waals surface area contributed by atoms with E-state index in [-0.39, 0.29) is 16.9 Å². The van der Waals surface area contributed by atoms with Crippen molar-refractivity contribution in [3.05, 3.63) is 58.3 Å². The number of pyridine rings is 1. The Labute approximate surface area is 155 Å². The highest BCUT2D eigenvalue weighted by Crippen LogP contribution is 2.23. The molecule has 1 N–H and O–H groups in total. The Bertz CT molecular complexity index is 767. The molecule has 1 atom stereocenters. The highest BCUT2D eigenvalue weighted by molar-refractivity contribution is 9.10. The molecule has 1 aromatic carbocycles. The van der Waals surface area contributed by atoms with Crippen LogP contribution in [0, 0.1) is 0 Å². The number of amides is 1. The molecule has 1 amide bonds. The first-order valence-corrected chi connectivity index (χ1v) is 8.69. The van der Waals surface area contributed by atoms with Gasteiger partial charge in [0.15, 0.2) is 6.10 Å². The standard InChI is InChI=1S/C19H21BrN2O3/c1-12(25-18(24)13-9-15(20)11-21-10-13)17(23)22-16-7-5-14(6-8-16)19(2,3)4/h5-12H,1-4H3,(H,22,23). The fourth-order valence-corrected chi connectivity index (χ4v) is 2.47. The molecule has 0 aliphatic heterocycles. The van der Waals surface area contributed by atoms with Crippen LogP contribution in [0.3, 0.4) is 0 Å². The average molecular weight is 405 g/mol. The van der Waals surface area contributed by atoms with Gasteiger partial charge in [0, 0.05) is 22.6 Å². The first-order chi connectivity index (χ1) is 11.7. The van der Waals surface area contributed by atoms with Crippen molar-refractivity contribution in [3.63, 3.8) is 0 Å². The van der Waals surface area contributed by atoms with E-state index in [1.165, 1.54) is 18.7 Å². The van der Waals surface area contributed by atoms with Gasteiger partial charge in [-0.3, -0.25) is 9.78 Å². The lowest BCUT2D eigenvalue weighted by Crippen LogP contribution is -2.30. The molecule has 1 heterocycles. The van der Waals surface area contributed by atoms with E-state index < -0.39 is 12.1 Å². The molecule has 0 radical (unpaired) electrons. The van der Waals surface area contributed by atoms with E-state index in [9.17, 15) is 9.59 Å². The number of esters is 1. The zero-order chi connectivity index (χ0) is 18.6. The molecule has 0 saturated carbocycles. The van der Waals surface area contributed by atoms with E-state index in [4.69, 9.17) is 4.74 Å². The average Bonchev–Trinajstić information content (AvgIpc) is 2.54. The molecule has 0 spiro atoms. The van der Waals surface area contributed by atoms with Gasteiger partial charge in [-0.1, -0.05) is 32.9 Å². The van der Waals surface area contributed by atoms with Crippen molar-refractivity contribution in [2.45, 2.75) is 39.2 Å². The quantitative estimate of drug-likeness (QED) is 0.770. The van der Waals surface area contributed by atoms with Crippen molar-refractivity contribution in [2.75, 3.05) is 5.32 Å². The highest BCUT2D eigenvalue weighted by atomic mass is 79.9. The zero-order valence-electron chi connectivity index (χ0n) is 14.7. The van der Waals surface area contributed by atoms with Gasteiger partial charge in [0.05, 0.1) is 5.56 Å². The summed E-state index contributed by atoms with van der Waals surface area (Å²) in [5.41, 5.74) is 2.16. The van der Waals surface area contributed by atoms with Gasteiger partial charge in [-0.15, -0.1) is 0 Å². The zero-order valence-corrected chi connectivity index (χ0v) is 16.3. The molecule has 0 aliphatic rings. The van der Waals surface area contributed by atoms with Crippen LogP contribution in [0.15, 0.2) is 47.2 Å². The Kier molecular flexibility index (Phi) is 5.95. The predicted molar refractivity (Wildman–Crippen MR) is 101 cm³/mol.